The molecule has 0 saturated heterocycles. The molecule has 0 aliphatic rings. The fourth-order valence-electron chi connectivity index (χ4n) is 2.60. The first kappa shape index (κ1) is 13.8. The molecule has 1 aromatic carbocycles. The Morgan fingerprint density at radius 3 is 2.52 bits per heavy atom. The molecule has 6 heteroatoms. The van der Waals surface area contributed by atoms with E-state index in [2.05, 4.69) is 27.5 Å². The number of imidazole rings is 1. The number of fused-ring (bicyclic) bond motifs is 1. The minimum atomic E-state index is -0.180. The lowest BCUT2D eigenvalue weighted by molar-refractivity contribution is 0.101. The highest BCUT2D eigenvalue weighted by atomic mass is 32.1. The number of carbonyl (C=O) groups excluding carboxylic acids is 1. The van der Waals surface area contributed by atoms with Crippen molar-refractivity contribution < 1.29 is 4.79 Å². The quantitative estimate of drug-likeness (QED) is 0.790. The van der Waals surface area contributed by atoms with Gasteiger partial charge in [0.05, 0.1) is 5.69 Å². The number of benzene rings is 1. The third-order valence-electron chi connectivity index (χ3n) is 3.45. The monoisotopic (exact) mass is 300 g/mol. The van der Waals surface area contributed by atoms with E-state index in [1.807, 2.05) is 27.7 Å². The highest BCUT2D eigenvalue weighted by Crippen LogP contribution is 2.23. The minimum absolute atomic E-state index is 0.180. The van der Waals surface area contributed by atoms with Gasteiger partial charge >= 0.3 is 0 Å². The van der Waals surface area contributed by atoms with Gasteiger partial charge in [-0.15, -0.1) is 0 Å². The third-order valence-corrected chi connectivity index (χ3v) is 4.13. The maximum absolute atomic E-state index is 12.6. The van der Waals surface area contributed by atoms with E-state index in [0.717, 1.165) is 21.8 Å². The molecular formula is C15H16N4OS. The maximum atomic E-state index is 12.6. The molecule has 0 aliphatic heterocycles. The number of nitrogens with zero attached hydrogens (tertiary/aromatic N) is 3. The van der Waals surface area contributed by atoms with Gasteiger partial charge in [-0.05, 0) is 38.8 Å². The molecule has 0 fully saturated rings. The van der Waals surface area contributed by atoms with E-state index in [0.29, 0.717) is 11.4 Å². The van der Waals surface area contributed by atoms with Crippen molar-refractivity contribution in [3.63, 3.8) is 0 Å². The Hall–Kier alpha value is -2.21. The fraction of sp³-hybridized carbons (Fsp3) is 0.267. The van der Waals surface area contributed by atoms with E-state index in [9.17, 15) is 4.79 Å². The number of aromatic nitrogens is 3. The second-order valence-electron chi connectivity index (χ2n) is 5.21. The average molecular weight is 300 g/mol. The van der Waals surface area contributed by atoms with Gasteiger partial charge in [-0.3, -0.25) is 4.79 Å². The number of hydrogen-bond acceptors (Lipinski definition) is 4. The molecule has 2 aromatic heterocycles. The van der Waals surface area contributed by atoms with Crippen LogP contribution in [0.2, 0.25) is 0 Å². The molecule has 108 valence electrons. The lowest BCUT2D eigenvalue weighted by Gasteiger charge is -2.12. The van der Waals surface area contributed by atoms with Crippen LogP contribution in [0.5, 0.6) is 0 Å². The van der Waals surface area contributed by atoms with Crippen molar-refractivity contribution >= 4 is 27.9 Å². The molecule has 21 heavy (non-hydrogen) atoms. The summed E-state index contributed by atoms with van der Waals surface area (Å²) >= 11 is 1.42. The molecule has 0 bridgehead atoms. The number of amides is 1. The van der Waals surface area contributed by atoms with Crippen LogP contribution in [-0.4, -0.2) is 20.5 Å². The molecule has 0 atom stereocenters. The van der Waals surface area contributed by atoms with Crippen LogP contribution in [0.3, 0.4) is 0 Å². The molecule has 3 rings (SSSR count). The van der Waals surface area contributed by atoms with Crippen molar-refractivity contribution in [3.05, 3.63) is 45.7 Å². The van der Waals surface area contributed by atoms with Crippen molar-refractivity contribution in [2.75, 3.05) is 5.32 Å². The third kappa shape index (κ3) is 2.31. The van der Waals surface area contributed by atoms with Crippen LogP contribution in [0.15, 0.2) is 17.6 Å². The highest BCUT2D eigenvalue weighted by Gasteiger charge is 2.19. The molecule has 0 saturated carbocycles. The second kappa shape index (κ2) is 4.96. The first-order valence-electron chi connectivity index (χ1n) is 6.65. The Bertz CT molecular complexity index is 824. The van der Waals surface area contributed by atoms with Crippen molar-refractivity contribution in [1.82, 2.24) is 14.6 Å². The van der Waals surface area contributed by atoms with Crippen LogP contribution in [0, 0.1) is 27.7 Å². The molecule has 1 amide bonds. The van der Waals surface area contributed by atoms with E-state index in [-0.39, 0.29) is 5.91 Å². The van der Waals surface area contributed by atoms with Gasteiger partial charge in [0, 0.05) is 5.69 Å². The Kier molecular flexibility index (Phi) is 3.25. The first-order chi connectivity index (χ1) is 9.97. The summed E-state index contributed by atoms with van der Waals surface area (Å²) in [5.41, 5.74) is 7.01. The molecule has 2 heterocycles. The second-order valence-corrected chi connectivity index (χ2v) is 6.02. The minimum Gasteiger partial charge on any atom is -0.320 e. The normalized spacial score (nSPS) is 11.0. The zero-order valence-electron chi connectivity index (χ0n) is 12.4. The van der Waals surface area contributed by atoms with Gasteiger partial charge < -0.3 is 5.32 Å². The van der Waals surface area contributed by atoms with E-state index in [4.69, 9.17) is 0 Å². The summed E-state index contributed by atoms with van der Waals surface area (Å²) < 4.78 is 1.59. The van der Waals surface area contributed by atoms with Crippen LogP contribution in [0.4, 0.5) is 5.69 Å². The predicted octanol–water partition coefficient (Wildman–Crippen LogP) is 3.28. The van der Waals surface area contributed by atoms with E-state index in [1.165, 1.54) is 16.9 Å². The van der Waals surface area contributed by atoms with Crippen LogP contribution >= 0.6 is 11.3 Å². The summed E-state index contributed by atoms with van der Waals surface area (Å²) in [6, 6.07) is 4.12. The topological polar surface area (TPSA) is 59.3 Å². The van der Waals surface area contributed by atoms with Crippen molar-refractivity contribution in [3.8, 4) is 0 Å². The Morgan fingerprint density at radius 1 is 1.19 bits per heavy atom. The Morgan fingerprint density at radius 2 is 1.86 bits per heavy atom. The van der Waals surface area contributed by atoms with Crippen molar-refractivity contribution in [1.29, 1.82) is 0 Å². The molecule has 0 radical (unpaired) electrons. The number of carbonyl (C=O) groups is 1. The van der Waals surface area contributed by atoms with Gasteiger partial charge in [-0.2, -0.15) is 9.61 Å². The SMILES string of the molecule is Cc1cc(C)c(NC(=O)c2c(C)nc3scnn23)c(C)c1. The number of hydrogen-bond donors (Lipinski definition) is 1. The van der Waals surface area contributed by atoms with Gasteiger partial charge in [0.25, 0.3) is 5.91 Å². The lowest BCUT2D eigenvalue weighted by atomic mass is 10.0. The van der Waals surface area contributed by atoms with Gasteiger partial charge in [0.2, 0.25) is 4.96 Å². The van der Waals surface area contributed by atoms with E-state index in [1.54, 1.807) is 10.0 Å². The number of aryl methyl sites for hydroxylation is 4. The van der Waals surface area contributed by atoms with Crippen LogP contribution in [-0.2, 0) is 0 Å². The summed E-state index contributed by atoms with van der Waals surface area (Å²) in [6.07, 6.45) is 0. The number of nitrogens with one attached hydrogen (secondary N) is 1. The van der Waals surface area contributed by atoms with E-state index >= 15 is 0 Å². The lowest BCUT2D eigenvalue weighted by Crippen LogP contribution is -2.17. The predicted molar refractivity (Wildman–Crippen MR) is 84.2 cm³/mol. The average Bonchev–Trinajstić information content (AvgIpc) is 2.92. The standard InChI is InChI=1S/C15H16N4OS/c1-8-5-9(2)12(10(3)6-8)18-14(20)13-11(4)17-15-19(13)16-7-21-15/h5-7H,1-4H3,(H,18,20). The van der Waals surface area contributed by atoms with Crippen LogP contribution in [0.1, 0.15) is 32.9 Å². The molecule has 1 N–H and O–H groups in total. The van der Waals surface area contributed by atoms with Crippen LogP contribution < -0.4 is 5.32 Å². The molecule has 5 nitrogen and oxygen atoms in total. The molecule has 0 aliphatic carbocycles. The van der Waals surface area contributed by atoms with Gasteiger partial charge in [-0.25, -0.2) is 4.98 Å². The zero-order chi connectivity index (χ0) is 15.1. The summed E-state index contributed by atoms with van der Waals surface area (Å²) in [6.45, 7) is 7.87. The first-order valence-corrected chi connectivity index (χ1v) is 7.53. The van der Waals surface area contributed by atoms with Crippen molar-refractivity contribution in [2.24, 2.45) is 0 Å². The maximum Gasteiger partial charge on any atom is 0.276 e. The van der Waals surface area contributed by atoms with Crippen molar-refractivity contribution in [2.45, 2.75) is 27.7 Å². The molecule has 3 aromatic rings. The summed E-state index contributed by atoms with van der Waals surface area (Å²) in [5, 5.41) is 7.17. The molecular weight excluding hydrogens is 284 g/mol. The van der Waals surface area contributed by atoms with Crippen LogP contribution in [0.25, 0.3) is 4.96 Å². The van der Waals surface area contributed by atoms with Gasteiger partial charge in [-0.1, -0.05) is 29.0 Å². The number of anilines is 1. The summed E-state index contributed by atoms with van der Waals surface area (Å²) in [4.78, 5) is 17.7. The Balaban J connectivity index is 2.01. The smallest absolute Gasteiger partial charge is 0.276 e. The van der Waals surface area contributed by atoms with Gasteiger partial charge in [0.1, 0.15) is 5.51 Å². The Labute approximate surface area is 126 Å². The summed E-state index contributed by atoms with van der Waals surface area (Å²) in [7, 11) is 0. The number of rotatable bonds is 2. The van der Waals surface area contributed by atoms with Gasteiger partial charge in [0.15, 0.2) is 5.69 Å². The molecule has 0 unspecified atom stereocenters. The highest BCUT2D eigenvalue weighted by molar-refractivity contribution is 7.14. The zero-order valence-corrected chi connectivity index (χ0v) is 13.2. The van der Waals surface area contributed by atoms with E-state index < -0.39 is 0 Å². The summed E-state index contributed by atoms with van der Waals surface area (Å²) in [5.74, 6) is -0.180. The largest absolute Gasteiger partial charge is 0.320 e. The molecule has 0 spiro atoms. The fourth-order valence-corrected chi connectivity index (χ4v) is 3.27.